The summed E-state index contributed by atoms with van der Waals surface area (Å²) in [7, 11) is 1.47. The molecule has 2 aliphatic rings. The van der Waals surface area contributed by atoms with Gasteiger partial charge in [-0.1, -0.05) is 70.6 Å². The zero-order valence-corrected chi connectivity index (χ0v) is 21.7. The minimum absolute atomic E-state index is 0.0359. The average molecular weight is 551 g/mol. The van der Waals surface area contributed by atoms with E-state index in [1.54, 1.807) is 0 Å². The number of esters is 1. The predicted molar refractivity (Wildman–Crippen MR) is 142 cm³/mol. The summed E-state index contributed by atoms with van der Waals surface area (Å²) in [4.78, 5) is 33.5. The molecule has 36 heavy (non-hydrogen) atoms. The van der Waals surface area contributed by atoms with Gasteiger partial charge >= 0.3 is 17.9 Å². The lowest BCUT2D eigenvalue weighted by Gasteiger charge is -2.25. The highest BCUT2D eigenvalue weighted by atomic mass is 79.9. The summed E-state index contributed by atoms with van der Waals surface area (Å²) in [5.41, 5.74) is 1.49. The number of benzene rings is 3. The van der Waals surface area contributed by atoms with Crippen LogP contribution in [0.15, 0.2) is 70.7 Å². The summed E-state index contributed by atoms with van der Waals surface area (Å²) in [5.74, 6) is -2.31. The third kappa shape index (κ3) is 4.80. The second kappa shape index (κ2) is 10.3. The van der Waals surface area contributed by atoms with Crippen molar-refractivity contribution in [3.63, 3.8) is 0 Å². The number of aryl methyl sites for hydroxylation is 1. The van der Waals surface area contributed by atoms with Crippen molar-refractivity contribution in [3.8, 4) is 0 Å². The van der Waals surface area contributed by atoms with Crippen LogP contribution in [0, 0.1) is 5.41 Å². The Morgan fingerprint density at radius 1 is 1.03 bits per heavy atom. The minimum atomic E-state index is -1.08. The van der Waals surface area contributed by atoms with Gasteiger partial charge < -0.3 is 14.9 Å². The molecule has 3 aromatic rings. The molecule has 2 unspecified atom stereocenters. The van der Waals surface area contributed by atoms with E-state index in [0.29, 0.717) is 0 Å². The number of hydrogen-bond donors (Lipinski definition) is 2. The van der Waals surface area contributed by atoms with E-state index < -0.39 is 17.4 Å². The van der Waals surface area contributed by atoms with Crippen LogP contribution in [0.3, 0.4) is 0 Å². The lowest BCUT2D eigenvalue weighted by Crippen LogP contribution is -2.28. The molecule has 2 aliphatic carbocycles. The molecule has 0 amide bonds. The van der Waals surface area contributed by atoms with Crippen LogP contribution in [-0.4, -0.2) is 35.2 Å². The highest BCUT2D eigenvalue weighted by molar-refractivity contribution is 9.10. The van der Waals surface area contributed by atoms with Crippen LogP contribution in [0.5, 0.6) is 0 Å². The Morgan fingerprint density at radius 3 is 2.39 bits per heavy atom. The van der Waals surface area contributed by atoms with Crippen LogP contribution in [-0.2, 0) is 25.5 Å². The number of hydrogen-bond acceptors (Lipinski definition) is 4. The number of carboxylic acid groups (broad SMARTS) is 2. The minimum Gasteiger partial charge on any atom is -0.481 e. The molecule has 7 heteroatoms. The molecule has 2 atom stereocenters. The molecular formula is C29H27BrO6. The molecule has 0 fully saturated rings. The summed E-state index contributed by atoms with van der Waals surface area (Å²) in [6.45, 7) is 1.50. The number of ether oxygens (including phenoxy) is 1. The van der Waals surface area contributed by atoms with Crippen LogP contribution < -0.4 is 0 Å². The summed E-state index contributed by atoms with van der Waals surface area (Å²) in [6, 6.07) is 14.9. The van der Waals surface area contributed by atoms with Crippen LogP contribution in [0.25, 0.3) is 21.5 Å². The number of fused-ring (bicyclic) bond motifs is 5. The Kier molecular flexibility index (Phi) is 7.31. The molecular weight excluding hydrogens is 524 g/mol. The molecule has 6 nitrogen and oxygen atoms in total. The van der Waals surface area contributed by atoms with E-state index in [2.05, 4.69) is 58.4 Å². The Morgan fingerprint density at radius 2 is 1.72 bits per heavy atom. The van der Waals surface area contributed by atoms with Crippen molar-refractivity contribution in [1.29, 1.82) is 0 Å². The fourth-order valence-electron chi connectivity index (χ4n) is 5.03. The molecule has 2 N–H and O–H groups in total. The first-order valence-electron chi connectivity index (χ1n) is 11.7. The number of methoxy groups -OCH3 is 1. The maximum absolute atomic E-state index is 12.1. The summed E-state index contributed by atoms with van der Waals surface area (Å²) >= 11 is 3.71. The van der Waals surface area contributed by atoms with E-state index >= 15 is 0 Å². The van der Waals surface area contributed by atoms with Crippen LogP contribution >= 0.6 is 15.9 Å². The second-order valence-electron chi connectivity index (χ2n) is 9.36. The summed E-state index contributed by atoms with van der Waals surface area (Å²) in [5, 5.41) is 22.5. The quantitative estimate of drug-likeness (QED) is 0.289. The summed E-state index contributed by atoms with van der Waals surface area (Å²) in [6.07, 6.45) is 7.35. The lowest BCUT2D eigenvalue weighted by molar-refractivity contribution is -0.145. The third-order valence-electron chi connectivity index (χ3n) is 7.00. The van der Waals surface area contributed by atoms with E-state index in [-0.39, 0.29) is 23.9 Å². The maximum atomic E-state index is 12.1. The maximum Gasteiger partial charge on any atom is 0.331 e. The predicted octanol–water partition coefficient (Wildman–Crippen LogP) is 6.40. The molecule has 0 heterocycles. The van der Waals surface area contributed by atoms with E-state index in [0.717, 1.165) is 29.3 Å². The lowest BCUT2D eigenvalue weighted by atomic mass is 9.80. The van der Waals surface area contributed by atoms with E-state index in [1.165, 1.54) is 59.4 Å². The van der Waals surface area contributed by atoms with Crippen molar-refractivity contribution in [2.24, 2.45) is 5.41 Å². The molecule has 0 bridgehead atoms. The number of carboxylic acids is 2. The first kappa shape index (κ1) is 25.6. The molecule has 0 aliphatic heterocycles. The van der Waals surface area contributed by atoms with Gasteiger partial charge in [-0.15, -0.1) is 0 Å². The number of carbonyl (C=O) groups is 3. The van der Waals surface area contributed by atoms with Crippen molar-refractivity contribution in [2.75, 3.05) is 7.11 Å². The second-order valence-corrected chi connectivity index (χ2v) is 10.2. The van der Waals surface area contributed by atoms with E-state index in [9.17, 15) is 14.4 Å². The van der Waals surface area contributed by atoms with E-state index in [1.807, 2.05) is 0 Å². The number of carbonyl (C=O) groups excluding carboxylic acids is 1. The molecule has 0 saturated heterocycles. The van der Waals surface area contributed by atoms with Crippen molar-refractivity contribution in [2.45, 2.75) is 38.5 Å². The van der Waals surface area contributed by atoms with Gasteiger partial charge in [-0.2, -0.15) is 0 Å². The van der Waals surface area contributed by atoms with Gasteiger partial charge in [0.25, 0.3) is 0 Å². The van der Waals surface area contributed by atoms with E-state index in [4.69, 9.17) is 14.9 Å². The van der Waals surface area contributed by atoms with Crippen molar-refractivity contribution >= 4 is 55.4 Å². The zero-order chi connectivity index (χ0) is 26.0. The molecule has 186 valence electrons. The van der Waals surface area contributed by atoms with Gasteiger partial charge in [-0.3, -0.25) is 9.59 Å². The third-order valence-corrected chi connectivity index (χ3v) is 7.66. The molecule has 0 saturated carbocycles. The molecule has 0 radical (unpaired) electrons. The monoisotopic (exact) mass is 550 g/mol. The van der Waals surface area contributed by atoms with Gasteiger partial charge in [0, 0.05) is 10.0 Å². The van der Waals surface area contributed by atoms with Gasteiger partial charge in [-0.05, 0) is 71.3 Å². The summed E-state index contributed by atoms with van der Waals surface area (Å²) < 4.78 is 6.11. The SMILES string of the molecule is CC1(C(=O)O)C=CC=C(C(=O)O)C1.COC(=O)C1CCCc2c1ccc1c2cc(Br)c2ccccc21. The van der Waals surface area contributed by atoms with Crippen LogP contribution in [0.4, 0.5) is 0 Å². The van der Waals surface area contributed by atoms with Crippen molar-refractivity contribution < 1.29 is 29.3 Å². The van der Waals surface area contributed by atoms with Gasteiger partial charge in [0.15, 0.2) is 0 Å². The van der Waals surface area contributed by atoms with Crippen molar-refractivity contribution in [3.05, 3.63) is 81.9 Å². The van der Waals surface area contributed by atoms with Gasteiger partial charge in [0.2, 0.25) is 0 Å². The number of halogens is 1. The van der Waals surface area contributed by atoms with Crippen LogP contribution in [0.1, 0.15) is 43.2 Å². The van der Waals surface area contributed by atoms with Crippen molar-refractivity contribution in [1.82, 2.24) is 0 Å². The first-order valence-corrected chi connectivity index (χ1v) is 12.5. The first-order chi connectivity index (χ1) is 17.2. The highest BCUT2D eigenvalue weighted by Crippen LogP contribution is 2.40. The molecule has 0 spiro atoms. The van der Waals surface area contributed by atoms with Gasteiger partial charge in [-0.25, -0.2) is 4.79 Å². The Balaban J connectivity index is 0.000000200. The number of rotatable bonds is 3. The standard InChI is InChI=1S/C20H17BrO2.C9H10O4/c1-23-20(22)17-8-4-7-13-14(17)9-10-15-12-5-2-3-6-16(12)19(21)11-18(13)15;1-9(8(12)13)4-2-3-6(5-9)7(10)11/h2-3,5-6,9-11,17H,4,7-8H2,1H3;2-4H,5H2,1H3,(H,10,11)(H,12,13). The number of aliphatic carboxylic acids is 2. The average Bonchev–Trinajstić information content (AvgIpc) is 2.88. The topological polar surface area (TPSA) is 101 Å². The fraction of sp³-hybridized carbons (Fsp3) is 0.276. The molecule has 0 aromatic heterocycles. The highest BCUT2D eigenvalue weighted by Gasteiger charge is 2.34. The fourth-order valence-corrected chi connectivity index (χ4v) is 5.60. The molecule has 5 rings (SSSR count). The zero-order valence-electron chi connectivity index (χ0n) is 20.1. The van der Waals surface area contributed by atoms with Crippen LogP contribution in [0.2, 0.25) is 0 Å². The Hall–Kier alpha value is -3.45. The smallest absolute Gasteiger partial charge is 0.331 e. The Labute approximate surface area is 217 Å². The number of allylic oxidation sites excluding steroid dienone is 2. The van der Waals surface area contributed by atoms with Gasteiger partial charge in [0.1, 0.15) is 0 Å². The largest absolute Gasteiger partial charge is 0.481 e. The normalized spacial score (nSPS) is 20.6. The van der Waals surface area contributed by atoms with Gasteiger partial charge in [0.05, 0.1) is 18.4 Å². The molecule has 3 aromatic carbocycles. The Bertz CT molecular complexity index is 1440.